The van der Waals surface area contributed by atoms with E-state index in [4.69, 9.17) is 17.3 Å². The van der Waals surface area contributed by atoms with Crippen LogP contribution in [0.15, 0.2) is 18.2 Å². The normalized spacial score (nSPS) is 20.2. The first kappa shape index (κ1) is 11.9. The van der Waals surface area contributed by atoms with E-state index in [0.29, 0.717) is 10.9 Å². The Morgan fingerprint density at radius 3 is 2.62 bits per heavy atom. The number of benzene rings is 1. The molecule has 88 valence electrons. The van der Waals surface area contributed by atoms with Crippen molar-refractivity contribution in [2.24, 2.45) is 11.7 Å². The number of aliphatic hydroxyl groups is 1. The zero-order valence-corrected chi connectivity index (χ0v) is 10.2. The maximum Gasteiger partial charge on any atom is 0.0761 e. The number of aryl methyl sites for hydroxylation is 1. The van der Waals surface area contributed by atoms with Gasteiger partial charge in [0.05, 0.1) is 12.1 Å². The quantitative estimate of drug-likeness (QED) is 0.852. The third-order valence-electron chi connectivity index (χ3n) is 3.61. The summed E-state index contributed by atoms with van der Waals surface area (Å²) in [6, 6.07) is 5.36. The Morgan fingerprint density at radius 2 is 2.12 bits per heavy atom. The highest BCUT2D eigenvalue weighted by molar-refractivity contribution is 6.31. The second-order valence-electron chi connectivity index (χ2n) is 4.68. The van der Waals surface area contributed by atoms with Gasteiger partial charge in [-0.1, -0.05) is 30.2 Å². The zero-order valence-electron chi connectivity index (χ0n) is 9.49. The largest absolute Gasteiger partial charge is 0.391 e. The molecule has 0 radical (unpaired) electrons. The highest BCUT2D eigenvalue weighted by Gasteiger charge is 2.32. The number of hydrogen-bond donors (Lipinski definition) is 2. The van der Waals surface area contributed by atoms with Crippen molar-refractivity contribution in [1.82, 2.24) is 0 Å². The van der Waals surface area contributed by atoms with E-state index in [9.17, 15) is 5.11 Å². The van der Waals surface area contributed by atoms with Gasteiger partial charge in [0.15, 0.2) is 0 Å². The van der Waals surface area contributed by atoms with Crippen molar-refractivity contribution in [3.8, 4) is 0 Å². The van der Waals surface area contributed by atoms with E-state index in [1.54, 1.807) is 0 Å². The van der Waals surface area contributed by atoms with E-state index in [1.807, 2.05) is 25.1 Å². The predicted molar refractivity (Wildman–Crippen MR) is 66.5 cm³/mol. The molecule has 0 amide bonds. The van der Waals surface area contributed by atoms with Crippen LogP contribution in [0, 0.1) is 12.8 Å². The van der Waals surface area contributed by atoms with Gasteiger partial charge in [0.2, 0.25) is 0 Å². The maximum atomic E-state index is 10.2. The number of aliphatic hydroxyl groups excluding tert-OH is 1. The lowest BCUT2D eigenvalue weighted by atomic mass is 9.77. The second-order valence-corrected chi connectivity index (χ2v) is 5.08. The SMILES string of the molecule is Cc1cccc(Cl)c1[C@H](N)[C@H](O)C1CCC1. The highest BCUT2D eigenvalue weighted by Crippen LogP contribution is 2.36. The molecule has 0 saturated heterocycles. The first-order chi connectivity index (χ1) is 7.61. The molecule has 1 aliphatic carbocycles. The number of hydrogen-bond acceptors (Lipinski definition) is 2. The minimum absolute atomic E-state index is 0.352. The fraction of sp³-hybridized carbons (Fsp3) is 0.538. The lowest BCUT2D eigenvalue weighted by Gasteiger charge is -2.34. The summed E-state index contributed by atoms with van der Waals surface area (Å²) < 4.78 is 0. The summed E-state index contributed by atoms with van der Waals surface area (Å²) in [5.74, 6) is 0.352. The van der Waals surface area contributed by atoms with Crippen LogP contribution >= 0.6 is 11.6 Å². The molecular formula is C13H18ClNO. The van der Waals surface area contributed by atoms with Crippen molar-refractivity contribution in [3.63, 3.8) is 0 Å². The first-order valence-electron chi connectivity index (χ1n) is 5.80. The van der Waals surface area contributed by atoms with Gasteiger partial charge in [-0.25, -0.2) is 0 Å². The minimum Gasteiger partial charge on any atom is -0.391 e. The van der Waals surface area contributed by atoms with Crippen molar-refractivity contribution in [2.45, 2.75) is 38.3 Å². The summed E-state index contributed by atoms with van der Waals surface area (Å²) in [6.45, 7) is 1.98. The molecule has 0 aromatic heterocycles. The van der Waals surface area contributed by atoms with Crippen LogP contribution in [0.1, 0.15) is 36.4 Å². The van der Waals surface area contributed by atoms with Crippen molar-refractivity contribution >= 4 is 11.6 Å². The minimum atomic E-state index is -0.465. The summed E-state index contributed by atoms with van der Waals surface area (Å²) >= 11 is 6.14. The maximum absolute atomic E-state index is 10.2. The monoisotopic (exact) mass is 239 g/mol. The first-order valence-corrected chi connectivity index (χ1v) is 6.17. The fourth-order valence-corrected chi connectivity index (χ4v) is 2.66. The smallest absolute Gasteiger partial charge is 0.0761 e. The average Bonchev–Trinajstić information content (AvgIpc) is 2.14. The topological polar surface area (TPSA) is 46.2 Å². The third kappa shape index (κ3) is 2.10. The summed E-state index contributed by atoms with van der Waals surface area (Å²) in [5.41, 5.74) is 8.06. The molecule has 3 N–H and O–H groups in total. The van der Waals surface area contributed by atoms with E-state index in [1.165, 1.54) is 6.42 Å². The van der Waals surface area contributed by atoms with Gasteiger partial charge in [-0.05, 0) is 42.9 Å². The molecule has 1 aromatic carbocycles. The van der Waals surface area contributed by atoms with Gasteiger partial charge < -0.3 is 10.8 Å². The Bertz CT molecular complexity index is 356. The average molecular weight is 240 g/mol. The number of nitrogens with two attached hydrogens (primary N) is 1. The number of rotatable bonds is 3. The van der Waals surface area contributed by atoms with Crippen molar-refractivity contribution in [3.05, 3.63) is 34.3 Å². The Balaban J connectivity index is 2.22. The van der Waals surface area contributed by atoms with Crippen LogP contribution in [0.3, 0.4) is 0 Å². The van der Waals surface area contributed by atoms with Crippen LogP contribution in [0.5, 0.6) is 0 Å². The van der Waals surface area contributed by atoms with E-state index in [2.05, 4.69) is 0 Å². The molecule has 16 heavy (non-hydrogen) atoms. The molecule has 1 aromatic rings. The van der Waals surface area contributed by atoms with Crippen LogP contribution in [-0.4, -0.2) is 11.2 Å². The summed E-state index contributed by atoms with van der Waals surface area (Å²) in [5, 5.41) is 10.8. The molecule has 0 spiro atoms. The molecule has 0 unspecified atom stereocenters. The van der Waals surface area contributed by atoms with Crippen molar-refractivity contribution < 1.29 is 5.11 Å². The van der Waals surface area contributed by atoms with Gasteiger partial charge in [-0.2, -0.15) is 0 Å². The molecular weight excluding hydrogens is 222 g/mol. The van der Waals surface area contributed by atoms with E-state index >= 15 is 0 Å². The standard InChI is InChI=1S/C13H18ClNO/c1-8-4-2-7-10(14)11(8)12(15)13(16)9-5-3-6-9/h2,4,7,9,12-13,16H,3,5-6,15H2,1H3/t12-,13+/m0/s1. The fourth-order valence-electron chi connectivity index (χ4n) is 2.31. The molecule has 2 atom stereocenters. The Labute approximate surface area is 101 Å². The number of halogens is 1. The summed E-state index contributed by atoms with van der Waals surface area (Å²) in [4.78, 5) is 0. The van der Waals surface area contributed by atoms with Crippen LogP contribution in [0.2, 0.25) is 5.02 Å². The van der Waals surface area contributed by atoms with Gasteiger partial charge in [0, 0.05) is 5.02 Å². The van der Waals surface area contributed by atoms with Gasteiger partial charge in [0.1, 0.15) is 0 Å². The Morgan fingerprint density at radius 1 is 1.44 bits per heavy atom. The predicted octanol–water partition coefficient (Wildman–Crippen LogP) is 2.81. The summed E-state index contributed by atoms with van der Waals surface area (Å²) in [6.07, 6.45) is 2.90. The molecule has 0 bridgehead atoms. The zero-order chi connectivity index (χ0) is 11.7. The Hall–Kier alpha value is -0.570. The molecule has 1 fully saturated rings. The molecule has 1 saturated carbocycles. The molecule has 3 heteroatoms. The molecule has 0 heterocycles. The second kappa shape index (κ2) is 4.74. The Kier molecular flexibility index (Phi) is 3.53. The van der Waals surface area contributed by atoms with Gasteiger partial charge in [-0.3, -0.25) is 0 Å². The summed E-state index contributed by atoms with van der Waals surface area (Å²) in [7, 11) is 0. The molecule has 2 nitrogen and oxygen atoms in total. The lowest BCUT2D eigenvalue weighted by molar-refractivity contribution is 0.0412. The van der Waals surface area contributed by atoms with Crippen LogP contribution in [0.25, 0.3) is 0 Å². The van der Waals surface area contributed by atoms with Crippen molar-refractivity contribution in [2.75, 3.05) is 0 Å². The van der Waals surface area contributed by atoms with E-state index < -0.39 is 6.10 Å². The van der Waals surface area contributed by atoms with E-state index in [-0.39, 0.29) is 6.04 Å². The van der Waals surface area contributed by atoms with Crippen LogP contribution in [0.4, 0.5) is 0 Å². The van der Waals surface area contributed by atoms with Crippen LogP contribution < -0.4 is 5.73 Å². The van der Waals surface area contributed by atoms with Gasteiger partial charge in [0.25, 0.3) is 0 Å². The van der Waals surface area contributed by atoms with Gasteiger partial charge in [-0.15, -0.1) is 0 Å². The molecule has 2 rings (SSSR count). The van der Waals surface area contributed by atoms with Gasteiger partial charge >= 0.3 is 0 Å². The molecule has 0 aliphatic heterocycles. The highest BCUT2D eigenvalue weighted by atomic mass is 35.5. The van der Waals surface area contributed by atoms with E-state index in [0.717, 1.165) is 24.0 Å². The lowest BCUT2D eigenvalue weighted by Crippen LogP contribution is -2.36. The third-order valence-corrected chi connectivity index (χ3v) is 3.93. The van der Waals surface area contributed by atoms with Crippen molar-refractivity contribution in [1.29, 1.82) is 0 Å². The van der Waals surface area contributed by atoms with Crippen LogP contribution in [-0.2, 0) is 0 Å². The molecule has 1 aliphatic rings.